The fourth-order valence-corrected chi connectivity index (χ4v) is 1.73. The lowest BCUT2D eigenvalue weighted by atomic mass is 10.00. The molecule has 0 radical (unpaired) electrons. The highest BCUT2D eigenvalue weighted by Crippen LogP contribution is 2.36. The van der Waals surface area contributed by atoms with Crippen LogP contribution in [-0.4, -0.2) is 5.11 Å². The molecule has 0 aromatic heterocycles. The number of para-hydroxylation sites is 1. The molecule has 0 spiro atoms. The molecule has 0 atom stereocenters. The number of hydrogen-bond donors (Lipinski definition) is 1. The zero-order valence-electron chi connectivity index (χ0n) is 9.57. The number of nitrogens with zero attached hydrogens (tertiary/aromatic N) is 1. The summed E-state index contributed by atoms with van der Waals surface area (Å²) in [4.78, 5) is 0. The van der Waals surface area contributed by atoms with Gasteiger partial charge in [0.15, 0.2) is 0 Å². The predicted octanol–water partition coefficient (Wildman–Crippen LogP) is 3.95. The second-order valence-corrected chi connectivity index (χ2v) is 3.89. The first-order valence-electron chi connectivity index (χ1n) is 5.33. The van der Waals surface area contributed by atoms with E-state index in [1.54, 1.807) is 6.07 Å². The molecule has 0 bridgehead atoms. The monoisotopic (exact) mass is 263 g/mol. The van der Waals surface area contributed by atoms with Gasteiger partial charge < -0.3 is 5.11 Å². The maximum Gasteiger partial charge on any atom is 0.416 e. The maximum atomic E-state index is 12.6. The highest BCUT2D eigenvalue weighted by Gasteiger charge is 2.30. The van der Waals surface area contributed by atoms with Crippen molar-refractivity contribution in [1.29, 1.82) is 5.26 Å². The van der Waals surface area contributed by atoms with E-state index in [1.165, 1.54) is 30.3 Å². The molecule has 2 nitrogen and oxygen atoms in total. The SMILES string of the molecule is N#Cc1cccc(-c2cccc(C(F)(F)F)c2)c1O. The van der Waals surface area contributed by atoms with Gasteiger partial charge in [0.2, 0.25) is 0 Å². The van der Waals surface area contributed by atoms with E-state index in [-0.39, 0.29) is 22.4 Å². The van der Waals surface area contributed by atoms with Gasteiger partial charge in [-0.1, -0.05) is 24.3 Å². The molecule has 0 aliphatic heterocycles. The molecule has 5 heteroatoms. The van der Waals surface area contributed by atoms with Crippen LogP contribution in [0.5, 0.6) is 5.75 Å². The zero-order chi connectivity index (χ0) is 14.0. The third kappa shape index (κ3) is 2.52. The summed E-state index contributed by atoms with van der Waals surface area (Å²) in [6, 6.07) is 10.7. The van der Waals surface area contributed by atoms with Gasteiger partial charge >= 0.3 is 6.18 Å². The number of benzene rings is 2. The van der Waals surface area contributed by atoms with Crippen molar-refractivity contribution in [2.75, 3.05) is 0 Å². The lowest BCUT2D eigenvalue weighted by Gasteiger charge is -2.10. The van der Waals surface area contributed by atoms with Gasteiger partial charge in [-0.3, -0.25) is 0 Å². The van der Waals surface area contributed by atoms with Gasteiger partial charge in [0, 0.05) is 5.56 Å². The molecule has 2 rings (SSSR count). The Balaban J connectivity index is 2.58. The van der Waals surface area contributed by atoms with Crippen molar-refractivity contribution in [3.8, 4) is 22.9 Å². The lowest BCUT2D eigenvalue weighted by Crippen LogP contribution is -2.04. The smallest absolute Gasteiger partial charge is 0.416 e. The van der Waals surface area contributed by atoms with Crippen molar-refractivity contribution in [3.05, 3.63) is 53.6 Å². The Bertz CT molecular complexity index is 656. The lowest BCUT2D eigenvalue weighted by molar-refractivity contribution is -0.137. The summed E-state index contributed by atoms with van der Waals surface area (Å²) in [6.45, 7) is 0. The fourth-order valence-electron chi connectivity index (χ4n) is 1.73. The molecule has 0 fully saturated rings. The van der Waals surface area contributed by atoms with Crippen molar-refractivity contribution < 1.29 is 18.3 Å². The average Bonchev–Trinajstić information content (AvgIpc) is 2.38. The van der Waals surface area contributed by atoms with Gasteiger partial charge in [-0.2, -0.15) is 18.4 Å². The van der Waals surface area contributed by atoms with Gasteiger partial charge in [-0.25, -0.2) is 0 Å². The van der Waals surface area contributed by atoms with Crippen LogP contribution >= 0.6 is 0 Å². The molecule has 0 saturated carbocycles. The topological polar surface area (TPSA) is 44.0 Å². The fraction of sp³-hybridized carbons (Fsp3) is 0.0714. The summed E-state index contributed by atoms with van der Waals surface area (Å²) < 4.78 is 37.8. The summed E-state index contributed by atoms with van der Waals surface area (Å²) in [5.74, 6) is -0.315. The van der Waals surface area contributed by atoms with Crippen LogP contribution in [0.25, 0.3) is 11.1 Å². The zero-order valence-corrected chi connectivity index (χ0v) is 9.57. The largest absolute Gasteiger partial charge is 0.506 e. The summed E-state index contributed by atoms with van der Waals surface area (Å²) in [6.07, 6.45) is -4.45. The van der Waals surface area contributed by atoms with Gasteiger partial charge in [-0.15, -0.1) is 0 Å². The van der Waals surface area contributed by atoms with Crippen molar-refractivity contribution >= 4 is 0 Å². The van der Waals surface area contributed by atoms with Crippen LogP contribution in [0, 0.1) is 11.3 Å². The molecule has 0 heterocycles. The van der Waals surface area contributed by atoms with Crippen LogP contribution in [0.1, 0.15) is 11.1 Å². The van der Waals surface area contributed by atoms with Crippen LogP contribution < -0.4 is 0 Å². The minimum Gasteiger partial charge on any atom is -0.506 e. The molecule has 2 aromatic carbocycles. The van der Waals surface area contributed by atoms with E-state index in [0.29, 0.717) is 0 Å². The first kappa shape index (κ1) is 13.0. The molecule has 0 aliphatic carbocycles. The molecule has 0 aliphatic rings. The van der Waals surface area contributed by atoms with Crippen LogP contribution in [0.15, 0.2) is 42.5 Å². The number of nitriles is 1. The summed E-state index contributed by atoms with van der Waals surface area (Å²) in [7, 11) is 0. The van der Waals surface area contributed by atoms with E-state index < -0.39 is 11.7 Å². The van der Waals surface area contributed by atoms with E-state index in [2.05, 4.69) is 0 Å². The predicted molar refractivity (Wildman–Crippen MR) is 63.3 cm³/mol. The van der Waals surface area contributed by atoms with Crippen molar-refractivity contribution in [1.82, 2.24) is 0 Å². The molecule has 96 valence electrons. The van der Waals surface area contributed by atoms with Crippen LogP contribution in [0.2, 0.25) is 0 Å². The highest BCUT2D eigenvalue weighted by molar-refractivity contribution is 5.73. The maximum absolute atomic E-state index is 12.6. The molecule has 1 N–H and O–H groups in total. The Kier molecular flexibility index (Phi) is 3.17. The number of aromatic hydroxyl groups is 1. The number of alkyl halides is 3. The molecule has 0 saturated heterocycles. The first-order chi connectivity index (χ1) is 8.93. The van der Waals surface area contributed by atoms with Gasteiger partial charge in [0.1, 0.15) is 11.8 Å². The highest BCUT2D eigenvalue weighted by atomic mass is 19.4. The van der Waals surface area contributed by atoms with E-state index in [0.717, 1.165) is 12.1 Å². The normalized spacial score (nSPS) is 11.1. The summed E-state index contributed by atoms with van der Waals surface area (Å²) in [5, 5.41) is 18.6. The number of phenols is 1. The van der Waals surface area contributed by atoms with Gasteiger partial charge in [0.25, 0.3) is 0 Å². The number of halogens is 3. The van der Waals surface area contributed by atoms with Gasteiger partial charge in [-0.05, 0) is 23.8 Å². The quantitative estimate of drug-likeness (QED) is 0.846. The Hall–Kier alpha value is -2.48. The standard InChI is InChI=1S/C14H8F3NO/c15-14(16,17)11-5-1-3-9(7-11)12-6-2-4-10(8-18)13(12)19/h1-7,19H. The molecule has 0 amide bonds. The third-order valence-corrected chi connectivity index (χ3v) is 2.66. The molecule has 19 heavy (non-hydrogen) atoms. The molecular weight excluding hydrogens is 255 g/mol. The number of phenolic OH excluding ortho intramolecular Hbond substituents is 1. The third-order valence-electron chi connectivity index (χ3n) is 2.66. The summed E-state index contributed by atoms with van der Waals surface area (Å²) in [5.41, 5.74) is -0.365. The molecular formula is C14H8F3NO. The van der Waals surface area contributed by atoms with Crippen molar-refractivity contribution in [3.63, 3.8) is 0 Å². The van der Waals surface area contributed by atoms with E-state index in [4.69, 9.17) is 5.26 Å². The minimum absolute atomic E-state index is 0.0231. The van der Waals surface area contributed by atoms with Gasteiger partial charge in [0.05, 0.1) is 11.1 Å². The second-order valence-electron chi connectivity index (χ2n) is 3.89. The number of hydrogen-bond acceptors (Lipinski definition) is 2. The van der Waals surface area contributed by atoms with Crippen LogP contribution in [0.3, 0.4) is 0 Å². The van der Waals surface area contributed by atoms with E-state index in [9.17, 15) is 18.3 Å². The Morgan fingerprint density at radius 2 is 1.74 bits per heavy atom. The number of rotatable bonds is 1. The Morgan fingerprint density at radius 3 is 2.37 bits per heavy atom. The second kappa shape index (κ2) is 4.65. The molecule has 0 unspecified atom stereocenters. The van der Waals surface area contributed by atoms with E-state index >= 15 is 0 Å². The minimum atomic E-state index is -4.45. The van der Waals surface area contributed by atoms with Crippen LogP contribution in [0.4, 0.5) is 13.2 Å². The van der Waals surface area contributed by atoms with E-state index in [1.807, 2.05) is 0 Å². The Morgan fingerprint density at radius 1 is 1.05 bits per heavy atom. The van der Waals surface area contributed by atoms with Crippen LogP contribution in [-0.2, 0) is 6.18 Å². The van der Waals surface area contributed by atoms with Crippen molar-refractivity contribution in [2.45, 2.75) is 6.18 Å². The molecule has 2 aromatic rings. The van der Waals surface area contributed by atoms with Crippen molar-refractivity contribution in [2.24, 2.45) is 0 Å². The first-order valence-corrected chi connectivity index (χ1v) is 5.33. The summed E-state index contributed by atoms with van der Waals surface area (Å²) >= 11 is 0. The Labute approximate surface area is 107 Å². The average molecular weight is 263 g/mol.